The van der Waals surface area contributed by atoms with Crippen LogP contribution in [0.5, 0.6) is 5.88 Å². The number of nitrogens with zero attached hydrogens (tertiary/aromatic N) is 5. The number of carbonyl (C=O) groups excluding carboxylic acids is 1. The molecule has 2 aliphatic rings. The van der Waals surface area contributed by atoms with Gasteiger partial charge in [0.15, 0.2) is 5.69 Å². The van der Waals surface area contributed by atoms with E-state index in [-0.39, 0.29) is 5.88 Å². The minimum absolute atomic E-state index is 0.0524. The number of aromatic nitrogens is 1. The molecule has 1 saturated heterocycles. The van der Waals surface area contributed by atoms with E-state index >= 15 is 0 Å². The zero-order valence-corrected chi connectivity index (χ0v) is 21.3. The molecule has 0 unspecified atom stereocenters. The van der Waals surface area contributed by atoms with E-state index in [2.05, 4.69) is 35.9 Å². The number of hydrogen-bond acceptors (Lipinski definition) is 5. The Bertz CT molecular complexity index is 1290. The molecule has 3 aromatic rings. The second-order valence-electron chi connectivity index (χ2n) is 11.7. The first-order valence-electron chi connectivity index (χ1n) is 12.3. The lowest BCUT2D eigenvalue weighted by atomic mass is 9.65. The van der Waals surface area contributed by atoms with Crippen molar-refractivity contribution < 1.29 is 9.90 Å². The van der Waals surface area contributed by atoms with Crippen molar-refractivity contribution in [3.05, 3.63) is 54.1 Å². The lowest BCUT2D eigenvalue weighted by molar-refractivity contribution is 0.0995. The Hall–Kier alpha value is -3.19. The van der Waals surface area contributed by atoms with Gasteiger partial charge in [-0.05, 0) is 60.4 Å². The monoisotopic (exact) mass is 473 g/mol. The van der Waals surface area contributed by atoms with E-state index in [1.54, 1.807) is 12.1 Å². The van der Waals surface area contributed by atoms with Crippen LogP contribution in [-0.2, 0) is 6.67 Å². The normalized spacial score (nSPS) is 23.9. The number of anilines is 1. The molecule has 2 bridgehead atoms. The van der Waals surface area contributed by atoms with Crippen LogP contribution in [0.25, 0.3) is 10.9 Å². The summed E-state index contributed by atoms with van der Waals surface area (Å²) < 4.78 is 1.91. The molecule has 1 amide bonds. The fourth-order valence-corrected chi connectivity index (χ4v) is 6.49. The number of azo groups is 1. The number of carbonyl (C=O) groups is 1. The molecular weight excluding hydrogens is 438 g/mol. The maximum Gasteiger partial charge on any atom is 0.295 e. The van der Waals surface area contributed by atoms with E-state index < -0.39 is 5.91 Å². The van der Waals surface area contributed by atoms with E-state index in [0.717, 1.165) is 29.6 Å². The van der Waals surface area contributed by atoms with Gasteiger partial charge in [0.05, 0.1) is 12.2 Å². The summed E-state index contributed by atoms with van der Waals surface area (Å²) in [4.78, 5) is 17.2. The molecule has 1 saturated carbocycles. The quantitative estimate of drug-likeness (QED) is 0.448. The molecule has 2 atom stereocenters. The molecule has 1 aliphatic carbocycles. The van der Waals surface area contributed by atoms with Gasteiger partial charge in [0, 0.05) is 43.3 Å². The van der Waals surface area contributed by atoms with Crippen LogP contribution < -0.4 is 4.90 Å². The van der Waals surface area contributed by atoms with Crippen LogP contribution in [0.3, 0.4) is 0 Å². The predicted octanol–water partition coefficient (Wildman–Crippen LogP) is 6.20. The fourth-order valence-electron chi connectivity index (χ4n) is 6.49. The largest absolute Gasteiger partial charge is 0.493 e. The summed E-state index contributed by atoms with van der Waals surface area (Å²) in [7, 11) is 3.90. The molecule has 2 heterocycles. The highest BCUT2D eigenvalue weighted by atomic mass is 16.3. The van der Waals surface area contributed by atoms with Gasteiger partial charge in [0.1, 0.15) is 0 Å². The smallest absolute Gasteiger partial charge is 0.295 e. The van der Waals surface area contributed by atoms with E-state index in [9.17, 15) is 9.90 Å². The Morgan fingerprint density at radius 3 is 2.51 bits per heavy atom. The second kappa shape index (κ2) is 8.48. The Morgan fingerprint density at radius 2 is 1.80 bits per heavy atom. The van der Waals surface area contributed by atoms with Gasteiger partial charge < -0.3 is 10.0 Å². The fraction of sp³-hybridized carbons (Fsp3) is 0.464. The Labute approximate surface area is 207 Å². The molecule has 1 N–H and O–H groups in total. The summed E-state index contributed by atoms with van der Waals surface area (Å²) in [5.41, 5.74) is 3.34. The van der Waals surface area contributed by atoms with Gasteiger partial charge in [0.2, 0.25) is 5.88 Å². The average molecular weight is 474 g/mol. The topological polar surface area (TPSA) is 73.4 Å². The molecule has 2 aromatic carbocycles. The third-order valence-electron chi connectivity index (χ3n) is 7.64. The van der Waals surface area contributed by atoms with E-state index in [1.807, 2.05) is 60.0 Å². The highest BCUT2D eigenvalue weighted by molar-refractivity contribution is 5.97. The lowest BCUT2D eigenvalue weighted by Crippen LogP contribution is -2.35. The van der Waals surface area contributed by atoms with E-state index in [4.69, 9.17) is 0 Å². The highest BCUT2D eigenvalue weighted by Gasteiger charge is 2.49. The first-order valence-corrected chi connectivity index (χ1v) is 12.3. The average Bonchev–Trinajstić information content (AvgIpc) is 3.20. The molecule has 184 valence electrons. The van der Waals surface area contributed by atoms with E-state index in [1.165, 1.54) is 12.8 Å². The molecule has 1 aliphatic heterocycles. The minimum Gasteiger partial charge on any atom is -0.493 e. The van der Waals surface area contributed by atoms with Gasteiger partial charge >= 0.3 is 0 Å². The zero-order chi connectivity index (χ0) is 25.0. The van der Waals surface area contributed by atoms with Gasteiger partial charge in [-0.2, -0.15) is 0 Å². The molecule has 1 aromatic heterocycles. The van der Waals surface area contributed by atoms with Crippen molar-refractivity contribution in [1.29, 1.82) is 0 Å². The number of benzene rings is 2. The Balaban J connectivity index is 1.43. The molecule has 0 radical (unpaired) electrons. The molecule has 35 heavy (non-hydrogen) atoms. The van der Waals surface area contributed by atoms with Crippen molar-refractivity contribution in [1.82, 2.24) is 9.47 Å². The molecule has 2 fully saturated rings. The number of rotatable bonds is 5. The number of aromatic hydroxyl groups is 1. The SMILES string of the molecule is CN(C)c1ccc(C(=O)N=Nc2c(O)n(CN3C[C@@]4(C)C[C@H]3CC(C)(C)C4)c3ccccc23)cc1. The second-order valence-corrected chi connectivity index (χ2v) is 11.7. The van der Waals surface area contributed by atoms with Gasteiger partial charge in [-0.15, -0.1) is 10.2 Å². The lowest BCUT2D eigenvalue weighted by Gasteiger charge is -2.40. The van der Waals surface area contributed by atoms with Crippen molar-refractivity contribution in [2.75, 3.05) is 25.5 Å². The van der Waals surface area contributed by atoms with Gasteiger partial charge in [-0.1, -0.05) is 39.0 Å². The molecule has 7 heteroatoms. The number of amides is 1. The van der Waals surface area contributed by atoms with Crippen molar-refractivity contribution in [2.24, 2.45) is 21.1 Å². The summed E-state index contributed by atoms with van der Waals surface area (Å²) in [6.07, 6.45) is 3.59. The van der Waals surface area contributed by atoms with Crippen molar-refractivity contribution in [3.8, 4) is 5.88 Å². The summed E-state index contributed by atoms with van der Waals surface area (Å²) in [6.45, 7) is 8.74. The van der Waals surface area contributed by atoms with Crippen LogP contribution in [0.1, 0.15) is 50.4 Å². The molecular formula is C28H35N5O2. The summed E-state index contributed by atoms with van der Waals surface area (Å²) in [6, 6.07) is 15.5. The molecule has 5 rings (SSSR count). The maximum atomic E-state index is 12.7. The zero-order valence-electron chi connectivity index (χ0n) is 21.3. The summed E-state index contributed by atoms with van der Waals surface area (Å²) in [5, 5.41) is 20.2. The number of likely N-dealkylation sites (tertiary alicyclic amines) is 1. The van der Waals surface area contributed by atoms with Crippen molar-refractivity contribution in [2.45, 2.75) is 52.7 Å². The van der Waals surface area contributed by atoms with Crippen LogP contribution in [0.2, 0.25) is 0 Å². The van der Waals surface area contributed by atoms with Crippen LogP contribution in [0.4, 0.5) is 11.4 Å². The van der Waals surface area contributed by atoms with Crippen LogP contribution >= 0.6 is 0 Å². The van der Waals surface area contributed by atoms with Gasteiger partial charge in [-0.3, -0.25) is 14.3 Å². The Kier molecular flexibility index (Phi) is 5.71. The molecule has 0 spiro atoms. The first kappa shape index (κ1) is 23.5. The van der Waals surface area contributed by atoms with Crippen LogP contribution in [0, 0.1) is 10.8 Å². The predicted molar refractivity (Wildman–Crippen MR) is 139 cm³/mol. The number of hydrogen-bond donors (Lipinski definition) is 1. The maximum absolute atomic E-state index is 12.7. The third-order valence-corrected chi connectivity index (χ3v) is 7.64. The summed E-state index contributed by atoms with van der Waals surface area (Å²) >= 11 is 0. The van der Waals surface area contributed by atoms with Gasteiger partial charge in [0.25, 0.3) is 5.91 Å². The number of para-hydroxylation sites is 1. The van der Waals surface area contributed by atoms with Crippen LogP contribution in [-0.4, -0.2) is 47.2 Å². The summed E-state index contributed by atoms with van der Waals surface area (Å²) in [5.74, 6) is -0.383. The Morgan fingerprint density at radius 1 is 1.09 bits per heavy atom. The van der Waals surface area contributed by atoms with Gasteiger partial charge in [-0.25, -0.2) is 0 Å². The van der Waals surface area contributed by atoms with Crippen molar-refractivity contribution >= 4 is 28.2 Å². The number of fused-ring (bicyclic) bond motifs is 3. The van der Waals surface area contributed by atoms with Crippen LogP contribution in [0.15, 0.2) is 58.8 Å². The third kappa shape index (κ3) is 4.45. The minimum atomic E-state index is -0.435. The first-order chi connectivity index (χ1) is 16.6. The molecule has 7 nitrogen and oxygen atoms in total. The van der Waals surface area contributed by atoms with Crippen molar-refractivity contribution in [3.63, 3.8) is 0 Å². The standard InChI is InChI=1S/C28H35N5O2/c1-27(2)14-21-15-28(3,16-27)17-32(21)18-33-23-9-7-6-8-22(23)24(26(33)35)29-30-25(34)19-10-12-20(13-11-19)31(4)5/h6-13,21,35H,14-18H2,1-5H3/t21-,28+/m1/s1. The van der Waals surface area contributed by atoms with E-state index in [0.29, 0.717) is 34.8 Å². The highest BCUT2D eigenvalue weighted by Crippen LogP contribution is 2.53.